The van der Waals surface area contributed by atoms with Crippen LogP contribution >= 0.6 is 0 Å². The van der Waals surface area contributed by atoms with Crippen molar-refractivity contribution >= 4 is 11.7 Å². The lowest BCUT2D eigenvalue weighted by atomic mass is 10.2. The average molecular weight is 225 g/mol. The summed E-state index contributed by atoms with van der Waals surface area (Å²) >= 11 is 0. The average Bonchev–Trinajstić information content (AvgIpc) is 2.26. The second-order valence-corrected chi connectivity index (χ2v) is 3.66. The monoisotopic (exact) mass is 225 g/mol. The fraction of sp³-hybridized carbons (Fsp3) is 0.364. The van der Waals surface area contributed by atoms with E-state index in [1.54, 1.807) is 0 Å². The lowest BCUT2D eigenvalue weighted by molar-refractivity contribution is 0.0697. The number of nitrogen functional groups attached to an aromatic ring is 1. The molecule has 1 aromatic carbocycles. The van der Waals surface area contributed by atoms with Crippen molar-refractivity contribution < 1.29 is 19.7 Å². The standard InChI is InChI=1S/C11H15NO4/c1-7(5-13)6-16-10-3-2-8(11(14)15)4-9(10)12/h2-4,7,13H,5-6,12H2,1H3,(H,14,15). The van der Waals surface area contributed by atoms with Gasteiger partial charge in [0.05, 0.1) is 17.9 Å². The molecule has 0 saturated heterocycles. The molecule has 4 N–H and O–H groups in total. The first-order valence-electron chi connectivity index (χ1n) is 4.91. The van der Waals surface area contributed by atoms with Crippen molar-refractivity contribution in [1.82, 2.24) is 0 Å². The zero-order chi connectivity index (χ0) is 12.1. The number of hydrogen-bond acceptors (Lipinski definition) is 4. The fourth-order valence-corrected chi connectivity index (χ4v) is 1.10. The molecule has 0 fully saturated rings. The molecule has 1 aromatic rings. The fourth-order valence-electron chi connectivity index (χ4n) is 1.10. The summed E-state index contributed by atoms with van der Waals surface area (Å²) in [4.78, 5) is 10.6. The molecule has 0 spiro atoms. The Bertz CT molecular complexity index is 378. The van der Waals surface area contributed by atoms with E-state index in [0.717, 1.165) is 0 Å². The van der Waals surface area contributed by atoms with Crippen LogP contribution in [0.25, 0.3) is 0 Å². The van der Waals surface area contributed by atoms with Gasteiger partial charge in [0.1, 0.15) is 5.75 Å². The Morgan fingerprint density at radius 2 is 2.25 bits per heavy atom. The van der Waals surface area contributed by atoms with Gasteiger partial charge in [0, 0.05) is 12.5 Å². The topological polar surface area (TPSA) is 92.8 Å². The Balaban J connectivity index is 2.72. The highest BCUT2D eigenvalue weighted by molar-refractivity contribution is 5.89. The van der Waals surface area contributed by atoms with Crippen LogP contribution < -0.4 is 10.5 Å². The van der Waals surface area contributed by atoms with E-state index in [1.165, 1.54) is 18.2 Å². The zero-order valence-electron chi connectivity index (χ0n) is 9.01. The third-order valence-corrected chi connectivity index (χ3v) is 2.09. The summed E-state index contributed by atoms with van der Waals surface area (Å²) in [7, 11) is 0. The number of carbonyl (C=O) groups is 1. The Kier molecular flexibility index (Phi) is 4.13. The van der Waals surface area contributed by atoms with E-state index in [0.29, 0.717) is 12.4 Å². The van der Waals surface area contributed by atoms with Gasteiger partial charge in [-0.05, 0) is 18.2 Å². The molecule has 0 aromatic heterocycles. The minimum Gasteiger partial charge on any atom is -0.491 e. The predicted octanol–water partition coefficient (Wildman–Crippen LogP) is 0.974. The maximum atomic E-state index is 10.6. The third-order valence-electron chi connectivity index (χ3n) is 2.09. The molecule has 5 nitrogen and oxygen atoms in total. The van der Waals surface area contributed by atoms with Gasteiger partial charge in [0.25, 0.3) is 0 Å². The zero-order valence-corrected chi connectivity index (χ0v) is 9.01. The number of aliphatic hydroxyl groups is 1. The molecule has 0 radical (unpaired) electrons. The number of hydrogen-bond donors (Lipinski definition) is 3. The molecule has 5 heteroatoms. The highest BCUT2D eigenvalue weighted by Crippen LogP contribution is 2.23. The van der Waals surface area contributed by atoms with Crippen molar-refractivity contribution in [2.45, 2.75) is 6.92 Å². The Morgan fingerprint density at radius 3 is 2.75 bits per heavy atom. The normalized spacial score (nSPS) is 12.1. The first kappa shape index (κ1) is 12.3. The molecular weight excluding hydrogens is 210 g/mol. The van der Waals surface area contributed by atoms with E-state index in [1.807, 2.05) is 6.92 Å². The maximum Gasteiger partial charge on any atom is 0.335 e. The van der Waals surface area contributed by atoms with Gasteiger partial charge in [-0.25, -0.2) is 4.79 Å². The largest absolute Gasteiger partial charge is 0.491 e. The van der Waals surface area contributed by atoms with E-state index in [-0.39, 0.29) is 23.8 Å². The second-order valence-electron chi connectivity index (χ2n) is 3.66. The Labute approximate surface area is 93.5 Å². The number of benzene rings is 1. The molecule has 0 amide bonds. The van der Waals surface area contributed by atoms with Crippen LogP contribution in [0.15, 0.2) is 18.2 Å². The number of rotatable bonds is 5. The predicted molar refractivity (Wildman–Crippen MR) is 59.6 cm³/mol. The van der Waals surface area contributed by atoms with Gasteiger partial charge in [-0.15, -0.1) is 0 Å². The van der Waals surface area contributed by atoms with Crippen LogP contribution in [0.4, 0.5) is 5.69 Å². The van der Waals surface area contributed by atoms with Crippen molar-refractivity contribution in [2.24, 2.45) is 5.92 Å². The first-order chi connectivity index (χ1) is 7.54. The van der Waals surface area contributed by atoms with Crippen LogP contribution in [0.1, 0.15) is 17.3 Å². The van der Waals surface area contributed by atoms with Crippen molar-refractivity contribution in [2.75, 3.05) is 18.9 Å². The molecule has 1 rings (SSSR count). The Hall–Kier alpha value is -1.75. The van der Waals surface area contributed by atoms with Crippen LogP contribution in [0.3, 0.4) is 0 Å². The quantitative estimate of drug-likeness (QED) is 0.649. The minimum absolute atomic E-state index is 0.0125. The van der Waals surface area contributed by atoms with Crippen LogP contribution in [-0.2, 0) is 0 Å². The lowest BCUT2D eigenvalue weighted by Crippen LogP contribution is -2.13. The highest BCUT2D eigenvalue weighted by Gasteiger charge is 2.08. The van der Waals surface area contributed by atoms with Crippen molar-refractivity contribution in [3.05, 3.63) is 23.8 Å². The van der Waals surface area contributed by atoms with Gasteiger partial charge in [-0.3, -0.25) is 0 Å². The van der Waals surface area contributed by atoms with Crippen LogP contribution in [0.2, 0.25) is 0 Å². The van der Waals surface area contributed by atoms with E-state index >= 15 is 0 Å². The summed E-state index contributed by atoms with van der Waals surface area (Å²) in [6.07, 6.45) is 0. The number of ether oxygens (including phenoxy) is 1. The SMILES string of the molecule is CC(CO)COc1ccc(C(=O)O)cc1N. The van der Waals surface area contributed by atoms with Crippen molar-refractivity contribution in [3.8, 4) is 5.75 Å². The van der Waals surface area contributed by atoms with Crippen LogP contribution in [0, 0.1) is 5.92 Å². The molecule has 1 atom stereocenters. The molecule has 88 valence electrons. The van der Waals surface area contributed by atoms with E-state index in [2.05, 4.69) is 0 Å². The van der Waals surface area contributed by atoms with Gasteiger partial charge < -0.3 is 20.7 Å². The van der Waals surface area contributed by atoms with Crippen LogP contribution in [0.5, 0.6) is 5.75 Å². The van der Waals surface area contributed by atoms with E-state index in [9.17, 15) is 4.79 Å². The highest BCUT2D eigenvalue weighted by atomic mass is 16.5. The first-order valence-corrected chi connectivity index (χ1v) is 4.91. The molecule has 0 saturated carbocycles. The number of carboxylic acid groups (broad SMARTS) is 1. The number of carboxylic acids is 1. The smallest absolute Gasteiger partial charge is 0.335 e. The summed E-state index contributed by atoms with van der Waals surface area (Å²) in [6, 6.07) is 4.29. The molecule has 0 aliphatic rings. The van der Waals surface area contributed by atoms with Crippen LogP contribution in [-0.4, -0.2) is 29.4 Å². The maximum absolute atomic E-state index is 10.6. The van der Waals surface area contributed by atoms with Crippen molar-refractivity contribution in [3.63, 3.8) is 0 Å². The van der Waals surface area contributed by atoms with Gasteiger partial charge in [-0.2, -0.15) is 0 Å². The summed E-state index contributed by atoms with van der Waals surface area (Å²) in [5.41, 5.74) is 6.04. The number of anilines is 1. The van der Waals surface area contributed by atoms with E-state index in [4.69, 9.17) is 20.7 Å². The molecular formula is C11H15NO4. The third kappa shape index (κ3) is 3.13. The number of aromatic carboxylic acids is 1. The summed E-state index contributed by atoms with van der Waals surface area (Å²) in [5, 5.41) is 17.5. The molecule has 1 unspecified atom stereocenters. The molecule has 0 bridgehead atoms. The molecule has 0 aliphatic heterocycles. The summed E-state index contributed by atoms with van der Waals surface area (Å²) in [6.45, 7) is 2.21. The van der Waals surface area contributed by atoms with Gasteiger partial charge in [0.15, 0.2) is 0 Å². The molecule has 16 heavy (non-hydrogen) atoms. The Morgan fingerprint density at radius 1 is 1.56 bits per heavy atom. The lowest BCUT2D eigenvalue weighted by Gasteiger charge is -2.12. The summed E-state index contributed by atoms with van der Waals surface area (Å²) < 4.78 is 5.35. The molecule has 0 aliphatic carbocycles. The number of nitrogens with two attached hydrogens (primary N) is 1. The van der Waals surface area contributed by atoms with Gasteiger partial charge >= 0.3 is 5.97 Å². The van der Waals surface area contributed by atoms with E-state index < -0.39 is 5.97 Å². The molecule has 0 heterocycles. The number of aliphatic hydroxyl groups excluding tert-OH is 1. The van der Waals surface area contributed by atoms with Gasteiger partial charge in [0.2, 0.25) is 0 Å². The second kappa shape index (κ2) is 5.37. The minimum atomic E-state index is -1.03. The van der Waals surface area contributed by atoms with Gasteiger partial charge in [-0.1, -0.05) is 6.92 Å². The van der Waals surface area contributed by atoms with Crippen molar-refractivity contribution in [1.29, 1.82) is 0 Å². The summed E-state index contributed by atoms with van der Waals surface area (Å²) in [5.74, 6) is -0.578.